The van der Waals surface area contributed by atoms with Crippen LogP contribution in [0.5, 0.6) is 0 Å². The molecule has 0 saturated heterocycles. The molecule has 6 atom stereocenters. The number of esters is 3. The maximum atomic E-state index is 11.7. The molecule has 24 heteroatoms. The number of rotatable bonds is 29. The lowest BCUT2D eigenvalue weighted by Crippen LogP contribution is -2.23. The highest BCUT2D eigenvalue weighted by molar-refractivity contribution is 7.53. The van der Waals surface area contributed by atoms with E-state index in [1.54, 1.807) is 19.9 Å². The molecule has 330 valence electrons. The van der Waals surface area contributed by atoms with E-state index in [0.29, 0.717) is 0 Å². The van der Waals surface area contributed by atoms with Crippen LogP contribution in [0.2, 0.25) is 0 Å². The van der Waals surface area contributed by atoms with Crippen molar-refractivity contribution < 1.29 is 84.8 Å². The van der Waals surface area contributed by atoms with Gasteiger partial charge in [-0.1, -0.05) is 40.3 Å². The van der Waals surface area contributed by atoms with E-state index < -0.39 is 59.0 Å². The van der Waals surface area contributed by atoms with Crippen molar-refractivity contribution in [3.63, 3.8) is 0 Å². The van der Waals surface area contributed by atoms with Gasteiger partial charge in [0.05, 0.1) is 46.1 Å². The average molecular weight is 864 g/mol. The molecule has 6 unspecified atom stereocenters. The van der Waals surface area contributed by atoms with Crippen LogP contribution in [0.4, 0.5) is 0 Å². The Labute approximate surface area is 325 Å². The highest BCUT2D eigenvalue weighted by Gasteiger charge is 2.21. The van der Waals surface area contributed by atoms with Gasteiger partial charge in [0.2, 0.25) is 0 Å². The molecular formula is C31H68N3O18P3. The van der Waals surface area contributed by atoms with E-state index in [9.17, 15) is 43.4 Å². The minimum absolute atomic E-state index is 0. The zero-order chi connectivity index (χ0) is 42.1. The van der Waals surface area contributed by atoms with E-state index in [1.807, 2.05) is 13.0 Å². The van der Waals surface area contributed by atoms with Crippen molar-refractivity contribution in [2.45, 2.75) is 72.2 Å². The number of hydrogen-bond donors (Lipinski definition) is 6. The topological polar surface area (TPSA) is 324 Å². The summed E-state index contributed by atoms with van der Waals surface area (Å²) in [6.45, 7) is 8.87. The van der Waals surface area contributed by atoms with Gasteiger partial charge in [-0.15, -0.1) is 0 Å². The highest BCUT2D eigenvalue weighted by atomic mass is 31.2. The van der Waals surface area contributed by atoms with Crippen LogP contribution in [0.1, 0.15) is 53.9 Å². The first-order valence-electron chi connectivity index (χ1n) is 17.1. The molecule has 0 aliphatic heterocycles. The van der Waals surface area contributed by atoms with Crippen molar-refractivity contribution in [1.82, 2.24) is 0 Å². The Balaban J connectivity index is -0.000000353. The fourth-order valence-electron chi connectivity index (χ4n) is 2.75. The first-order chi connectivity index (χ1) is 25.2. The summed E-state index contributed by atoms with van der Waals surface area (Å²) in [7, 11) is -9.62. The van der Waals surface area contributed by atoms with E-state index in [0.717, 1.165) is 6.42 Å². The molecule has 0 aromatic carbocycles. The second kappa shape index (κ2) is 36.7. The fourth-order valence-corrected chi connectivity index (χ4v) is 5.62. The van der Waals surface area contributed by atoms with Crippen molar-refractivity contribution in [3.05, 3.63) is 12.2 Å². The number of aliphatic hydroxyl groups excluding tert-OH is 3. The molecule has 0 aromatic rings. The van der Waals surface area contributed by atoms with Crippen molar-refractivity contribution in [3.8, 4) is 0 Å². The monoisotopic (exact) mass is 863 g/mol. The van der Waals surface area contributed by atoms with Crippen LogP contribution < -0.4 is 17.2 Å². The van der Waals surface area contributed by atoms with Gasteiger partial charge >= 0.3 is 40.7 Å². The summed E-state index contributed by atoms with van der Waals surface area (Å²) in [5.74, 6) is -1.26. The van der Waals surface area contributed by atoms with E-state index >= 15 is 0 Å². The third-order valence-electron chi connectivity index (χ3n) is 5.41. The molecule has 0 rings (SSSR count). The zero-order valence-corrected chi connectivity index (χ0v) is 34.9. The first kappa shape index (κ1) is 60.0. The summed E-state index contributed by atoms with van der Waals surface area (Å²) < 4.78 is 78.3. The Morgan fingerprint density at radius 2 is 0.818 bits per heavy atom. The van der Waals surface area contributed by atoms with E-state index in [1.165, 1.54) is 20.0 Å². The Morgan fingerprint density at radius 1 is 0.527 bits per heavy atom. The van der Waals surface area contributed by atoms with E-state index in [4.69, 9.17) is 49.1 Å². The molecule has 0 radical (unpaired) electrons. The minimum atomic E-state index is -3.22. The van der Waals surface area contributed by atoms with Gasteiger partial charge < -0.3 is 73.9 Å². The Bertz CT molecular complexity index is 1110. The summed E-state index contributed by atoms with van der Waals surface area (Å²) in [4.78, 5) is 32.8. The molecule has 0 amide bonds. The van der Waals surface area contributed by atoms with Crippen LogP contribution in [-0.2, 0) is 69.4 Å². The van der Waals surface area contributed by atoms with Gasteiger partial charge in [0, 0.05) is 52.5 Å². The van der Waals surface area contributed by atoms with Crippen LogP contribution in [0.3, 0.4) is 0 Å². The number of aliphatic hydroxyl groups is 3. The lowest BCUT2D eigenvalue weighted by atomic mass is 10.3. The largest absolute Gasteiger partial charge is 0.463 e. The maximum Gasteiger partial charge on any atom is 0.327 e. The summed E-state index contributed by atoms with van der Waals surface area (Å²) in [6.07, 6.45) is 1.92. The Kier molecular flexibility index (Phi) is 40.0. The molecule has 0 bridgehead atoms. The normalized spacial score (nSPS) is 15.9. The number of allylic oxidation sites excluding steroid dienone is 1. The lowest BCUT2D eigenvalue weighted by molar-refractivity contribution is -0.147. The van der Waals surface area contributed by atoms with Crippen LogP contribution in [0.15, 0.2) is 12.2 Å². The van der Waals surface area contributed by atoms with Gasteiger partial charge in [-0.2, -0.15) is 0 Å². The SMILES string of the molecule is C.CC/C=C\CC(=O)OCC(O)COP(C)(=O)OCCN.CCC(=O)OCC(O)COP(C)(=O)OCCN.CCC(=O)OCC(O)COP(C)(=O)OCCN. The molecule has 0 heterocycles. The van der Waals surface area contributed by atoms with Gasteiger partial charge in [-0.25, -0.2) is 0 Å². The standard InChI is InChI=1S/C12H24NO6P.2C9H20NO6P.CH4/c1-3-4-5-6-12(15)17-9-11(14)10-19-20(2,16)18-8-7-13;2*1-3-9(12)14-6-8(11)7-16-17(2,13)15-5-4-10;/h4-5,11,14H,3,6-10,13H2,1-2H3;2*8,11H,3-7,10H2,1-2H3;1H4/b5-4-;;;. The van der Waals surface area contributed by atoms with Crippen LogP contribution in [-0.4, -0.2) is 151 Å². The minimum Gasteiger partial charge on any atom is -0.463 e. The average Bonchev–Trinajstić information content (AvgIpc) is 3.14. The van der Waals surface area contributed by atoms with Crippen molar-refractivity contribution >= 4 is 40.7 Å². The summed E-state index contributed by atoms with van der Waals surface area (Å²) in [5, 5.41) is 28.3. The van der Waals surface area contributed by atoms with Crippen LogP contribution in [0, 0.1) is 0 Å². The second-order valence-corrected chi connectivity index (χ2v) is 17.0. The molecule has 0 saturated carbocycles. The molecular weight excluding hydrogens is 795 g/mol. The molecule has 55 heavy (non-hydrogen) atoms. The second-order valence-electron chi connectivity index (χ2n) is 10.9. The Hall–Kier alpha value is -1.64. The molecule has 21 nitrogen and oxygen atoms in total. The van der Waals surface area contributed by atoms with E-state index in [2.05, 4.69) is 9.47 Å². The highest BCUT2D eigenvalue weighted by Crippen LogP contribution is 2.44. The van der Waals surface area contributed by atoms with Crippen molar-refractivity contribution in [2.24, 2.45) is 17.2 Å². The predicted octanol–water partition coefficient (Wildman–Crippen LogP) is 1.93. The third-order valence-corrected chi connectivity index (χ3v) is 9.22. The van der Waals surface area contributed by atoms with Crippen LogP contribution >= 0.6 is 22.8 Å². The van der Waals surface area contributed by atoms with Crippen LogP contribution in [0.25, 0.3) is 0 Å². The molecule has 0 aliphatic rings. The summed E-state index contributed by atoms with van der Waals surface area (Å²) in [6, 6.07) is 0. The fraction of sp³-hybridized carbons (Fsp3) is 0.839. The van der Waals surface area contributed by atoms with E-state index in [-0.39, 0.29) is 106 Å². The smallest absolute Gasteiger partial charge is 0.327 e. The summed E-state index contributed by atoms with van der Waals surface area (Å²) >= 11 is 0. The molecule has 9 N–H and O–H groups in total. The van der Waals surface area contributed by atoms with Gasteiger partial charge in [-0.05, 0) is 6.42 Å². The van der Waals surface area contributed by atoms with Gasteiger partial charge in [-0.3, -0.25) is 28.1 Å². The van der Waals surface area contributed by atoms with Gasteiger partial charge in [0.15, 0.2) is 0 Å². The van der Waals surface area contributed by atoms with Gasteiger partial charge in [0.25, 0.3) is 0 Å². The number of ether oxygens (including phenoxy) is 3. The quantitative estimate of drug-likeness (QED) is 0.0271. The Morgan fingerprint density at radius 3 is 1.07 bits per heavy atom. The molecule has 0 fully saturated rings. The van der Waals surface area contributed by atoms with Gasteiger partial charge in [0.1, 0.15) is 38.1 Å². The van der Waals surface area contributed by atoms with Crippen molar-refractivity contribution in [2.75, 3.05) is 99.1 Å². The molecule has 0 aliphatic carbocycles. The number of carbonyl (C=O) groups excluding carboxylic acids is 3. The predicted molar refractivity (Wildman–Crippen MR) is 206 cm³/mol. The molecule has 0 spiro atoms. The number of nitrogens with two attached hydrogens (primary N) is 3. The maximum absolute atomic E-state index is 11.7. The first-order valence-corrected chi connectivity index (χ1v) is 23.1. The number of carbonyl (C=O) groups is 3. The zero-order valence-electron chi connectivity index (χ0n) is 32.2. The molecule has 0 aromatic heterocycles. The summed E-state index contributed by atoms with van der Waals surface area (Å²) in [5.41, 5.74) is 15.6. The third kappa shape index (κ3) is 43.3. The lowest BCUT2D eigenvalue weighted by Gasteiger charge is -2.16. The number of hydrogen-bond acceptors (Lipinski definition) is 21. The van der Waals surface area contributed by atoms with Crippen molar-refractivity contribution in [1.29, 1.82) is 0 Å².